The zero-order valence-electron chi connectivity index (χ0n) is 23.7. The molecule has 3 amide bonds. The van der Waals surface area contributed by atoms with Crippen LogP contribution < -0.4 is 32.1 Å². The first-order valence-corrected chi connectivity index (χ1v) is 14.6. The van der Waals surface area contributed by atoms with E-state index in [1.165, 1.54) is 30.5 Å². The van der Waals surface area contributed by atoms with Crippen LogP contribution in [0.5, 0.6) is 0 Å². The van der Waals surface area contributed by atoms with E-state index in [0.29, 0.717) is 17.7 Å². The van der Waals surface area contributed by atoms with E-state index in [1.54, 1.807) is 22.6 Å². The molecule has 1 fully saturated rings. The van der Waals surface area contributed by atoms with E-state index in [2.05, 4.69) is 19.8 Å². The van der Waals surface area contributed by atoms with Crippen LogP contribution >= 0.6 is 23.3 Å². The topological polar surface area (TPSA) is 279 Å². The molecule has 0 bridgehead atoms. The van der Waals surface area contributed by atoms with Gasteiger partial charge in [-0.15, -0.1) is 21.1 Å². The van der Waals surface area contributed by atoms with Crippen LogP contribution in [-0.4, -0.2) is 101 Å². The summed E-state index contributed by atoms with van der Waals surface area (Å²) in [6, 6.07) is -1.15. The predicted octanol–water partition coefficient (Wildman–Crippen LogP) is -2.73. The Labute approximate surface area is 257 Å². The number of carboxylic acid groups (broad SMARTS) is 2. The molecule has 236 valence electrons. The van der Waals surface area contributed by atoms with Gasteiger partial charge >= 0.3 is 11.9 Å². The third-order valence-corrected chi connectivity index (χ3v) is 8.59. The molecule has 44 heavy (non-hydrogen) atoms. The lowest BCUT2D eigenvalue weighted by atomic mass is 10.0. The number of nitrogens with zero attached hydrogens (tertiary/aromatic N) is 7. The SMILES string of the molecule is Cn1c(N)c(N(C=O)CCN)c[n+]1CC1=C(C(=O)O)N2C(=O)[C@@H](NC(=O)/C(=N\OC(C)(C)C(=O)O)c3nsc(N)n3)[C@H]2SC1. The first-order chi connectivity index (χ1) is 20.7. The van der Waals surface area contributed by atoms with Crippen LogP contribution in [-0.2, 0) is 42.4 Å². The lowest BCUT2D eigenvalue weighted by molar-refractivity contribution is -0.765. The molecule has 0 unspecified atom stereocenters. The van der Waals surface area contributed by atoms with Crippen molar-refractivity contribution in [1.82, 2.24) is 24.3 Å². The number of carbonyl (C=O) groups is 5. The molecule has 4 heterocycles. The average Bonchev–Trinajstić information content (AvgIpc) is 3.52. The first-order valence-electron chi connectivity index (χ1n) is 12.8. The van der Waals surface area contributed by atoms with Crippen molar-refractivity contribution >= 4 is 75.8 Å². The quantitative estimate of drug-likeness (QED) is 0.0421. The van der Waals surface area contributed by atoms with E-state index < -0.39 is 46.5 Å². The molecule has 0 aliphatic carbocycles. The van der Waals surface area contributed by atoms with E-state index in [1.807, 2.05) is 0 Å². The molecule has 19 nitrogen and oxygen atoms in total. The second-order valence-electron chi connectivity index (χ2n) is 10.0. The number of nitrogens with one attached hydrogen (secondary N) is 1. The van der Waals surface area contributed by atoms with Gasteiger partial charge in [0.25, 0.3) is 11.8 Å². The summed E-state index contributed by atoms with van der Waals surface area (Å²) in [5.41, 5.74) is 15.6. The fourth-order valence-corrected chi connectivity index (χ4v) is 6.03. The Balaban J connectivity index is 1.57. The first kappa shape index (κ1) is 32.2. The van der Waals surface area contributed by atoms with Crippen molar-refractivity contribution in [3.8, 4) is 0 Å². The predicted molar refractivity (Wildman–Crippen MR) is 156 cm³/mol. The number of carbonyl (C=O) groups excluding carboxylic acids is 3. The molecular weight excluding hydrogens is 622 g/mol. The Hall–Kier alpha value is -4.76. The molecular formula is C23H30N11O8S2+. The molecule has 0 saturated carbocycles. The molecule has 2 atom stereocenters. The minimum Gasteiger partial charge on any atom is -0.478 e. The Bertz CT molecular complexity index is 1580. The molecule has 4 rings (SSSR count). The summed E-state index contributed by atoms with van der Waals surface area (Å²) < 4.78 is 7.07. The summed E-state index contributed by atoms with van der Waals surface area (Å²) >= 11 is 1.97. The van der Waals surface area contributed by atoms with Gasteiger partial charge in [0.05, 0.1) is 7.05 Å². The van der Waals surface area contributed by atoms with Gasteiger partial charge in [-0.3, -0.25) is 19.3 Å². The van der Waals surface area contributed by atoms with E-state index in [4.69, 9.17) is 22.0 Å². The number of rotatable bonds is 13. The number of β-lactam (4-membered cyclic amide) rings is 1. The largest absolute Gasteiger partial charge is 0.478 e. The molecule has 2 aliphatic rings. The monoisotopic (exact) mass is 652 g/mol. The summed E-state index contributed by atoms with van der Waals surface area (Å²) in [5, 5.41) is 24.8. The summed E-state index contributed by atoms with van der Waals surface area (Å²) in [4.78, 5) is 73.2. The highest BCUT2D eigenvalue weighted by atomic mass is 32.2. The number of fused-ring (bicyclic) bond motifs is 1. The number of anilines is 3. The van der Waals surface area contributed by atoms with Crippen LogP contribution in [0, 0.1) is 0 Å². The minimum absolute atomic E-state index is 0.00119. The van der Waals surface area contributed by atoms with Crippen molar-refractivity contribution in [1.29, 1.82) is 0 Å². The van der Waals surface area contributed by atoms with Crippen molar-refractivity contribution in [2.45, 2.75) is 37.4 Å². The van der Waals surface area contributed by atoms with Gasteiger partial charge in [0.2, 0.25) is 29.7 Å². The summed E-state index contributed by atoms with van der Waals surface area (Å²) in [7, 11) is 1.63. The van der Waals surface area contributed by atoms with Gasteiger partial charge < -0.3 is 42.5 Å². The second kappa shape index (κ2) is 12.5. The van der Waals surface area contributed by atoms with Crippen LogP contribution in [0.3, 0.4) is 0 Å². The van der Waals surface area contributed by atoms with Gasteiger partial charge in [0.1, 0.15) is 17.1 Å². The van der Waals surface area contributed by atoms with Crippen LogP contribution in [0.15, 0.2) is 22.6 Å². The number of oxime groups is 1. The average molecular weight is 653 g/mol. The van der Waals surface area contributed by atoms with E-state index in [0.717, 1.165) is 16.4 Å². The number of nitrogen functional groups attached to an aromatic ring is 2. The molecule has 2 aromatic rings. The van der Waals surface area contributed by atoms with Crippen molar-refractivity contribution in [2.24, 2.45) is 17.9 Å². The zero-order chi connectivity index (χ0) is 32.5. The second-order valence-corrected chi connectivity index (χ2v) is 11.9. The summed E-state index contributed by atoms with van der Waals surface area (Å²) in [6.45, 7) is 2.87. The number of hydrogen-bond donors (Lipinski definition) is 6. The third kappa shape index (κ3) is 6.01. The van der Waals surface area contributed by atoms with Crippen molar-refractivity contribution < 1.29 is 43.7 Å². The number of hydrogen-bond acceptors (Lipinski definition) is 14. The van der Waals surface area contributed by atoms with Crippen molar-refractivity contribution in [2.75, 3.05) is 35.2 Å². The van der Waals surface area contributed by atoms with Crippen molar-refractivity contribution in [3.05, 3.63) is 23.3 Å². The number of aromatic nitrogens is 4. The Morgan fingerprint density at radius 2 is 2.05 bits per heavy atom. The molecule has 2 aromatic heterocycles. The third-order valence-electron chi connectivity index (χ3n) is 6.71. The number of nitrogens with two attached hydrogens (primary N) is 3. The fourth-order valence-electron chi connectivity index (χ4n) is 4.26. The van der Waals surface area contributed by atoms with Crippen LogP contribution in [0.25, 0.3) is 0 Å². The van der Waals surface area contributed by atoms with E-state index >= 15 is 0 Å². The van der Waals surface area contributed by atoms with E-state index in [9.17, 15) is 34.2 Å². The highest BCUT2D eigenvalue weighted by Crippen LogP contribution is 2.40. The van der Waals surface area contributed by atoms with Gasteiger partial charge in [-0.25, -0.2) is 9.59 Å². The molecule has 0 spiro atoms. The van der Waals surface area contributed by atoms with Crippen LogP contribution in [0.4, 0.5) is 16.6 Å². The fraction of sp³-hybridized carbons (Fsp3) is 0.435. The molecule has 0 radical (unpaired) electrons. The summed E-state index contributed by atoms with van der Waals surface area (Å²) in [6.07, 6.45) is 2.17. The van der Waals surface area contributed by atoms with Gasteiger partial charge in [0.15, 0.2) is 23.2 Å². The van der Waals surface area contributed by atoms with Crippen molar-refractivity contribution in [3.63, 3.8) is 0 Å². The smallest absolute Gasteiger partial charge is 0.352 e. The maximum atomic E-state index is 13.3. The number of thioether (sulfide) groups is 1. The van der Waals surface area contributed by atoms with Gasteiger partial charge in [-0.05, 0) is 13.8 Å². The number of aliphatic carboxylic acids is 2. The molecule has 2 aliphatic heterocycles. The normalized spacial score (nSPS) is 18.4. The van der Waals surface area contributed by atoms with E-state index in [-0.39, 0.29) is 47.9 Å². The Morgan fingerprint density at radius 1 is 1.34 bits per heavy atom. The molecule has 9 N–H and O–H groups in total. The maximum absolute atomic E-state index is 13.3. The van der Waals surface area contributed by atoms with Gasteiger partial charge in [-0.1, -0.05) is 5.16 Å². The zero-order valence-corrected chi connectivity index (χ0v) is 25.3. The Morgan fingerprint density at radius 3 is 2.61 bits per heavy atom. The minimum atomic E-state index is -1.81. The lowest BCUT2D eigenvalue weighted by Gasteiger charge is -2.49. The standard InChI is InChI=1S/C23H29N11O8S2/c1-23(2,21(40)41)42-29-12(16-28-22(26)44-30-16)17(36)27-13-18(37)34-14(20(38)39)10(8-43-19(13)34)6-33-7-11(15(25)31(33)3)32(9-35)5-4-24/h7,9,13,19,25H,4-6,8,24H2,1-3H3,(H5,26,27,28,30,36,38,39,40,41)/p+1/b29-12-/t13-,19-/m1/s1. The molecule has 1 saturated heterocycles. The Kier molecular flexibility index (Phi) is 9.11. The highest BCUT2D eigenvalue weighted by molar-refractivity contribution is 8.00. The lowest BCUT2D eigenvalue weighted by Crippen LogP contribution is -2.71. The summed E-state index contributed by atoms with van der Waals surface area (Å²) in [5.74, 6) is -4.20. The number of carboxylic acids is 2. The maximum Gasteiger partial charge on any atom is 0.352 e. The molecule has 0 aromatic carbocycles. The van der Waals surface area contributed by atoms with Crippen LogP contribution in [0.1, 0.15) is 19.7 Å². The van der Waals surface area contributed by atoms with Crippen LogP contribution in [0.2, 0.25) is 0 Å². The van der Waals surface area contributed by atoms with Gasteiger partial charge in [-0.2, -0.15) is 9.36 Å². The highest BCUT2D eigenvalue weighted by Gasteiger charge is 2.55. The van der Waals surface area contributed by atoms with Gasteiger partial charge in [0, 0.05) is 35.9 Å². The number of amides is 3. The molecule has 21 heteroatoms.